The van der Waals surface area contributed by atoms with Crippen molar-refractivity contribution < 1.29 is 19.1 Å². The van der Waals surface area contributed by atoms with Gasteiger partial charge in [0.15, 0.2) is 4.80 Å². The van der Waals surface area contributed by atoms with Crippen LogP contribution in [-0.2, 0) is 14.3 Å². The summed E-state index contributed by atoms with van der Waals surface area (Å²) in [6.07, 6.45) is 0. The molecule has 0 fully saturated rings. The first-order valence-corrected chi connectivity index (χ1v) is 12.0. The van der Waals surface area contributed by atoms with E-state index in [1.807, 2.05) is 0 Å². The number of nitrogens with zero attached hydrogens (tertiary/aromatic N) is 2. The minimum Gasteiger partial charge on any atom is -0.496 e. The zero-order chi connectivity index (χ0) is 24.9. The average molecular weight is 510 g/mol. The van der Waals surface area contributed by atoms with Gasteiger partial charge in [-0.25, -0.2) is 9.79 Å². The Bertz CT molecular complexity index is 1620. The number of esters is 1. The average Bonchev–Trinajstić information content (AvgIpc) is 3.32. The summed E-state index contributed by atoms with van der Waals surface area (Å²) < 4.78 is 12.5. The molecule has 3 heterocycles. The van der Waals surface area contributed by atoms with Crippen LogP contribution in [-0.4, -0.2) is 30.2 Å². The van der Waals surface area contributed by atoms with E-state index in [4.69, 9.17) is 21.1 Å². The molecule has 2 aliphatic rings. The molecule has 35 heavy (non-hydrogen) atoms. The molecule has 178 valence electrons. The summed E-state index contributed by atoms with van der Waals surface area (Å²) in [6, 6.07) is 11.3. The van der Waals surface area contributed by atoms with Crippen molar-refractivity contribution >= 4 is 46.1 Å². The topological polar surface area (TPSA) is 99.0 Å². The van der Waals surface area contributed by atoms with Crippen LogP contribution in [0.1, 0.15) is 31.0 Å². The van der Waals surface area contributed by atoms with Gasteiger partial charge in [-0.1, -0.05) is 41.1 Å². The fraction of sp³-hybridized carbons (Fsp3) is 0.200. The number of carbonyl (C=O) groups is 2. The second-order valence-corrected chi connectivity index (χ2v) is 9.30. The Balaban J connectivity index is 1.85. The van der Waals surface area contributed by atoms with Crippen LogP contribution in [0.5, 0.6) is 5.75 Å². The van der Waals surface area contributed by atoms with Gasteiger partial charge >= 0.3 is 5.97 Å². The molecule has 1 N–H and O–H groups in total. The van der Waals surface area contributed by atoms with Gasteiger partial charge in [0.2, 0.25) is 0 Å². The number of rotatable bonds is 4. The van der Waals surface area contributed by atoms with Gasteiger partial charge in [0.05, 0.1) is 30.6 Å². The van der Waals surface area contributed by atoms with Crippen LogP contribution in [0.15, 0.2) is 63.5 Å². The third-order valence-corrected chi connectivity index (χ3v) is 7.17. The fourth-order valence-corrected chi connectivity index (χ4v) is 5.71. The van der Waals surface area contributed by atoms with Crippen molar-refractivity contribution in [2.24, 2.45) is 4.99 Å². The van der Waals surface area contributed by atoms with Gasteiger partial charge in [0.1, 0.15) is 16.3 Å². The number of nitrogens with one attached hydrogen (secondary N) is 1. The summed E-state index contributed by atoms with van der Waals surface area (Å²) in [6.45, 7) is 3.58. The van der Waals surface area contributed by atoms with Gasteiger partial charge in [-0.05, 0) is 38.1 Å². The highest BCUT2D eigenvalue weighted by molar-refractivity contribution is 7.07. The zero-order valence-corrected chi connectivity index (χ0v) is 20.6. The molecule has 0 bridgehead atoms. The summed E-state index contributed by atoms with van der Waals surface area (Å²) in [5.41, 5.74) is 2.16. The van der Waals surface area contributed by atoms with Crippen LogP contribution < -0.4 is 24.9 Å². The quantitative estimate of drug-likeness (QED) is 0.545. The van der Waals surface area contributed by atoms with E-state index in [1.165, 1.54) is 11.7 Å². The van der Waals surface area contributed by atoms with Crippen molar-refractivity contribution in [1.29, 1.82) is 0 Å². The standard InChI is InChI=1S/C25H20ClN3O5S/c1-4-34-24(32)18-12(2)27-25-29(20(18)14-7-5-6-8-17(14)33-3)23(31)21(35-25)19-15-11-13(26)9-10-16(15)28-22(19)30/h5-11,20H,4H2,1-3H3,(H,28,30)/b21-19-/t20-/m1/s1. The van der Waals surface area contributed by atoms with Crippen LogP contribution in [0.4, 0.5) is 5.69 Å². The maximum absolute atomic E-state index is 13.9. The van der Waals surface area contributed by atoms with E-state index in [0.717, 1.165) is 11.3 Å². The number of benzene rings is 2. The highest BCUT2D eigenvalue weighted by Gasteiger charge is 2.36. The lowest BCUT2D eigenvalue weighted by Gasteiger charge is -2.25. The Morgan fingerprint density at radius 1 is 1.23 bits per heavy atom. The second kappa shape index (κ2) is 8.83. The van der Waals surface area contributed by atoms with E-state index in [-0.39, 0.29) is 22.3 Å². The summed E-state index contributed by atoms with van der Waals surface area (Å²) in [7, 11) is 1.52. The van der Waals surface area contributed by atoms with Gasteiger partial charge in [-0.2, -0.15) is 0 Å². The van der Waals surface area contributed by atoms with Crippen LogP contribution in [0.25, 0.3) is 5.57 Å². The number of thiazole rings is 1. The number of amides is 1. The predicted octanol–water partition coefficient (Wildman–Crippen LogP) is 2.78. The lowest BCUT2D eigenvalue weighted by molar-refractivity contribution is -0.139. The summed E-state index contributed by atoms with van der Waals surface area (Å²) >= 11 is 7.27. The molecular formula is C25H20ClN3O5S. The lowest BCUT2D eigenvalue weighted by atomic mass is 9.95. The number of hydrogen-bond donors (Lipinski definition) is 1. The highest BCUT2D eigenvalue weighted by Crippen LogP contribution is 2.36. The number of carbonyl (C=O) groups excluding carboxylic acids is 2. The van der Waals surface area contributed by atoms with Crippen LogP contribution in [0.2, 0.25) is 5.02 Å². The molecule has 1 aromatic heterocycles. The zero-order valence-electron chi connectivity index (χ0n) is 19.0. The van der Waals surface area contributed by atoms with E-state index in [9.17, 15) is 14.4 Å². The van der Waals surface area contributed by atoms with Gasteiger partial charge in [-0.3, -0.25) is 14.2 Å². The first-order chi connectivity index (χ1) is 16.8. The molecule has 3 aromatic rings. The molecule has 0 saturated carbocycles. The number of methoxy groups -OCH3 is 1. The molecule has 0 unspecified atom stereocenters. The van der Waals surface area contributed by atoms with Gasteiger partial charge in [-0.15, -0.1) is 0 Å². The molecule has 2 aliphatic heterocycles. The normalized spacial score (nSPS) is 17.9. The van der Waals surface area contributed by atoms with Gasteiger partial charge in [0.25, 0.3) is 11.5 Å². The molecule has 0 saturated heterocycles. The Morgan fingerprint density at radius 3 is 2.74 bits per heavy atom. The predicted molar refractivity (Wildman–Crippen MR) is 132 cm³/mol. The number of para-hydroxylation sites is 1. The molecule has 0 radical (unpaired) electrons. The molecule has 8 nitrogen and oxygen atoms in total. The third-order valence-electron chi connectivity index (χ3n) is 5.88. The summed E-state index contributed by atoms with van der Waals surface area (Å²) in [5, 5.41) is 3.23. The van der Waals surface area contributed by atoms with Crippen molar-refractivity contribution in [3.63, 3.8) is 0 Å². The maximum atomic E-state index is 13.9. The number of aromatic nitrogens is 1. The SMILES string of the molecule is CCOC(=O)C1=C(C)N=c2s/c(=C3\C(=O)Nc4ccc(Cl)cc43)c(=O)n2[C@@H]1c1ccccc1OC. The van der Waals surface area contributed by atoms with Crippen LogP contribution in [0.3, 0.4) is 0 Å². The largest absolute Gasteiger partial charge is 0.496 e. The van der Waals surface area contributed by atoms with Crippen molar-refractivity contribution in [3.05, 3.63) is 89.6 Å². The van der Waals surface area contributed by atoms with Gasteiger partial charge in [0, 0.05) is 21.8 Å². The van der Waals surface area contributed by atoms with Crippen LogP contribution >= 0.6 is 22.9 Å². The third kappa shape index (κ3) is 3.67. The molecule has 10 heteroatoms. The Kier molecular flexibility index (Phi) is 5.82. The number of anilines is 1. The molecule has 1 amide bonds. The van der Waals surface area contributed by atoms with E-state index in [1.54, 1.807) is 56.3 Å². The molecular weight excluding hydrogens is 490 g/mol. The molecule has 0 spiro atoms. The molecule has 1 atom stereocenters. The Labute approximate surface area is 208 Å². The van der Waals surface area contributed by atoms with E-state index in [0.29, 0.717) is 38.1 Å². The first-order valence-electron chi connectivity index (χ1n) is 10.8. The number of allylic oxidation sites excluding steroid dienone is 1. The van der Waals surface area contributed by atoms with E-state index in [2.05, 4.69) is 10.3 Å². The smallest absolute Gasteiger partial charge is 0.338 e. The Hall–Kier alpha value is -3.69. The fourth-order valence-electron chi connectivity index (χ4n) is 4.39. The maximum Gasteiger partial charge on any atom is 0.338 e. The van der Waals surface area contributed by atoms with E-state index < -0.39 is 23.5 Å². The lowest BCUT2D eigenvalue weighted by Crippen LogP contribution is -2.40. The van der Waals surface area contributed by atoms with Crippen molar-refractivity contribution in [2.75, 3.05) is 19.0 Å². The highest BCUT2D eigenvalue weighted by atomic mass is 35.5. The van der Waals surface area contributed by atoms with Crippen molar-refractivity contribution in [1.82, 2.24) is 4.57 Å². The summed E-state index contributed by atoms with van der Waals surface area (Å²) in [4.78, 5) is 44.8. The van der Waals surface area contributed by atoms with Gasteiger partial charge < -0.3 is 14.8 Å². The number of halogens is 1. The molecule has 5 rings (SSSR count). The summed E-state index contributed by atoms with van der Waals surface area (Å²) in [5.74, 6) is -0.468. The van der Waals surface area contributed by atoms with Crippen LogP contribution in [0, 0.1) is 0 Å². The molecule has 0 aliphatic carbocycles. The van der Waals surface area contributed by atoms with Crippen molar-refractivity contribution in [2.45, 2.75) is 19.9 Å². The number of ether oxygens (including phenoxy) is 2. The van der Waals surface area contributed by atoms with Crippen molar-refractivity contribution in [3.8, 4) is 5.75 Å². The number of hydrogen-bond acceptors (Lipinski definition) is 7. The second-order valence-electron chi connectivity index (χ2n) is 7.88. The monoisotopic (exact) mass is 509 g/mol. The Morgan fingerprint density at radius 2 is 2.00 bits per heavy atom. The van der Waals surface area contributed by atoms with E-state index >= 15 is 0 Å². The number of fused-ring (bicyclic) bond motifs is 2. The first kappa shape index (κ1) is 23.1. The minimum atomic E-state index is -0.848. The minimum absolute atomic E-state index is 0.167. The molecule has 2 aromatic carbocycles.